The lowest BCUT2D eigenvalue weighted by atomic mass is 10.0. The summed E-state index contributed by atoms with van der Waals surface area (Å²) in [5.41, 5.74) is 1.19. The number of aromatic nitrogens is 4. The number of nitrogens with one attached hydrogen (secondary N) is 1. The van der Waals surface area contributed by atoms with Gasteiger partial charge >= 0.3 is 37.9 Å². The number of esters is 1. The van der Waals surface area contributed by atoms with E-state index in [2.05, 4.69) is 28.6 Å². The Labute approximate surface area is 566 Å². The second-order valence-corrected chi connectivity index (χ2v) is 26.7. The molecule has 23 nitrogen and oxygen atoms in total. The highest BCUT2D eigenvalue weighted by Crippen LogP contribution is 2.43. The lowest BCUT2D eigenvalue weighted by Crippen LogP contribution is -2.47. The molecular weight excluding hydrogens is 1420 g/mol. The number of fused-ring (bicyclic) bond motifs is 1. The van der Waals surface area contributed by atoms with Gasteiger partial charge in [-0.05, 0) is 113 Å². The van der Waals surface area contributed by atoms with Crippen molar-refractivity contribution < 1.29 is 96.9 Å². The van der Waals surface area contributed by atoms with Crippen molar-refractivity contribution in [3.8, 4) is 11.4 Å². The summed E-state index contributed by atoms with van der Waals surface area (Å²) in [6, 6.07) is 17.4. The van der Waals surface area contributed by atoms with Crippen molar-refractivity contribution in [1.29, 1.82) is 0 Å². The third-order valence-corrected chi connectivity index (χ3v) is 16.5. The number of carbonyl (C=O) groups is 5. The zero-order valence-corrected chi connectivity index (χ0v) is 57.4. The van der Waals surface area contributed by atoms with Crippen molar-refractivity contribution in [1.82, 2.24) is 24.8 Å². The predicted molar refractivity (Wildman–Crippen MR) is 342 cm³/mol. The van der Waals surface area contributed by atoms with Crippen molar-refractivity contribution in [3.63, 3.8) is 0 Å². The summed E-state index contributed by atoms with van der Waals surface area (Å²) in [6.45, 7) is 8.27. The van der Waals surface area contributed by atoms with Crippen molar-refractivity contribution in [2.24, 2.45) is 0 Å². The summed E-state index contributed by atoms with van der Waals surface area (Å²) in [4.78, 5) is 88.2. The maximum Gasteiger partial charge on any atom is 0.416 e. The number of aryl methyl sites for hydroxylation is 3. The van der Waals surface area contributed by atoms with E-state index in [9.17, 15) is 68.1 Å². The summed E-state index contributed by atoms with van der Waals surface area (Å²) in [5.74, 6) is -3.13. The molecule has 3 atom stereocenters. The lowest BCUT2D eigenvalue weighted by molar-refractivity contribution is -0.142. The Balaban J connectivity index is 0.000000260. The largest absolute Gasteiger partial charge is 0.489 e. The first-order valence-electron chi connectivity index (χ1n) is 28.3. The first-order valence-corrected chi connectivity index (χ1v) is 34.2. The smallest absolute Gasteiger partial charge is 0.416 e. The topological polar surface area (TPSA) is 309 Å². The summed E-state index contributed by atoms with van der Waals surface area (Å²) in [6.07, 6.45) is -0.980. The average Bonchev–Trinajstić information content (AvgIpc) is 1.77. The maximum atomic E-state index is 14.2. The van der Waals surface area contributed by atoms with Crippen LogP contribution in [0.4, 0.5) is 37.7 Å². The summed E-state index contributed by atoms with van der Waals surface area (Å²) < 4.78 is 134. The molecule has 6 aromatic rings. The molecule has 522 valence electrons. The number of amides is 2. The predicted octanol–water partition coefficient (Wildman–Crippen LogP) is 11.0. The molecule has 0 spiro atoms. The normalized spacial score (nSPS) is 14.2. The quantitative estimate of drug-likeness (QED) is 0.0171. The number of sulfone groups is 1. The van der Waals surface area contributed by atoms with Crippen molar-refractivity contribution in [3.05, 3.63) is 145 Å². The highest BCUT2D eigenvalue weighted by molar-refractivity contribution is 7.90. The zero-order valence-electron chi connectivity index (χ0n) is 51.9. The average molecular weight is 1480 g/mol. The van der Waals surface area contributed by atoms with Crippen molar-refractivity contribution in [2.75, 3.05) is 61.7 Å². The van der Waals surface area contributed by atoms with Gasteiger partial charge in [0.1, 0.15) is 35.1 Å². The van der Waals surface area contributed by atoms with Gasteiger partial charge in [-0.2, -0.15) is 26.6 Å². The second kappa shape index (κ2) is 36.1. The number of anilines is 2. The monoisotopic (exact) mass is 1480 g/mol. The Hall–Kier alpha value is -6.57. The van der Waals surface area contributed by atoms with Gasteiger partial charge in [-0.1, -0.05) is 77.2 Å². The molecule has 2 aromatic heterocycles. The molecule has 95 heavy (non-hydrogen) atoms. The maximum absolute atomic E-state index is 14.2. The van der Waals surface area contributed by atoms with Crippen LogP contribution in [-0.4, -0.2) is 147 Å². The Morgan fingerprint density at radius 2 is 1.60 bits per heavy atom. The van der Waals surface area contributed by atoms with Crippen LogP contribution in [0.2, 0.25) is 5.02 Å². The van der Waals surface area contributed by atoms with Gasteiger partial charge in [0.25, 0.3) is 5.91 Å². The van der Waals surface area contributed by atoms with Crippen LogP contribution >= 0.6 is 65.6 Å². The molecular formula is C59H67Cl5F6N7O16PS. The second-order valence-electron chi connectivity index (χ2n) is 20.8. The van der Waals surface area contributed by atoms with E-state index in [1.54, 1.807) is 23.8 Å². The number of para-hydroxylation sites is 3. The number of carboxylic acids is 1. The van der Waals surface area contributed by atoms with Gasteiger partial charge < -0.3 is 43.4 Å². The minimum atomic E-state index is -4.71. The SMILES string of the molecule is CC1COc2ccccc2N1C(=O)C(Cl)Cl.CCOC(=O)C(Cl)Cc1cc(-n2nc(C)n(C(F)F)c2=O)c(F)cc1Cl.CCc1cccc(C)c1N(C(=O)CCl)C(C)COC.CS(=O)(=O)c1cc(C(F)(F)F)ccc1C(=O)c1cnoc1C1CC1.O=C(O)CNCP(=O)(O)O. The number of nitrogens with zero attached hydrogens (tertiary/aromatic N) is 6. The number of ether oxygens (including phenoxy) is 3. The van der Waals surface area contributed by atoms with Gasteiger partial charge in [0.15, 0.2) is 32.0 Å². The van der Waals surface area contributed by atoms with Crippen LogP contribution in [0, 0.1) is 19.7 Å². The van der Waals surface area contributed by atoms with E-state index in [-0.39, 0.29) is 86.5 Å². The highest BCUT2D eigenvalue weighted by atomic mass is 35.5. The molecule has 4 aromatic carbocycles. The van der Waals surface area contributed by atoms with Gasteiger partial charge in [0, 0.05) is 36.3 Å². The van der Waals surface area contributed by atoms with E-state index in [1.165, 1.54) is 13.1 Å². The van der Waals surface area contributed by atoms with Gasteiger partial charge in [-0.25, -0.2) is 22.2 Å². The van der Waals surface area contributed by atoms with E-state index in [0.717, 1.165) is 66.2 Å². The molecule has 0 bridgehead atoms. The van der Waals surface area contributed by atoms with Crippen LogP contribution in [0.5, 0.6) is 5.75 Å². The van der Waals surface area contributed by atoms with Gasteiger partial charge in [0.2, 0.25) is 5.91 Å². The number of hydrogen-bond donors (Lipinski definition) is 4. The highest BCUT2D eigenvalue weighted by Gasteiger charge is 2.37. The fourth-order valence-corrected chi connectivity index (χ4v) is 11.1. The van der Waals surface area contributed by atoms with Crippen molar-refractivity contribution in [2.45, 2.75) is 113 Å². The van der Waals surface area contributed by atoms with Crippen LogP contribution in [0.3, 0.4) is 0 Å². The number of aliphatic carboxylic acids is 1. The third kappa shape index (κ3) is 23.0. The summed E-state index contributed by atoms with van der Waals surface area (Å²) in [7, 11) is -6.50. The number of carboxylic acid groups (broad SMARTS) is 1. The van der Waals surface area contributed by atoms with E-state index in [0.29, 0.717) is 41.5 Å². The van der Waals surface area contributed by atoms with Crippen LogP contribution in [-0.2, 0) is 62.1 Å². The molecule has 8 rings (SSSR count). The van der Waals surface area contributed by atoms with Crippen LogP contribution in [0.25, 0.3) is 5.69 Å². The molecule has 1 fully saturated rings. The molecule has 36 heteroatoms. The molecule has 2 aliphatic rings. The zero-order chi connectivity index (χ0) is 71.6. The van der Waals surface area contributed by atoms with Gasteiger partial charge in [-0.15, -0.1) is 28.3 Å². The molecule has 2 amide bonds. The minimum absolute atomic E-state index is 0.0223. The Kier molecular flexibility index (Phi) is 30.8. The van der Waals surface area contributed by atoms with E-state index < -0.39 is 92.9 Å². The molecule has 1 aliphatic carbocycles. The number of halogens is 11. The number of carbonyl (C=O) groups excluding carboxylic acids is 4. The fourth-order valence-electron chi connectivity index (χ4n) is 9.03. The Bertz CT molecular complexity index is 3890. The van der Waals surface area contributed by atoms with Crippen LogP contribution < -0.4 is 25.5 Å². The number of hydrogen-bond acceptors (Lipinski definition) is 16. The number of methoxy groups -OCH3 is 1. The fraction of sp³-hybridized carbons (Fsp3) is 0.424. The molecule has 1 aliphatic heterocycles. The molecule has 1 saturated carbocycles. The van der Waals surface area contributed by atoms with E-state index in [1.807, 2.05) is 57.2 Å². The van der Waals surface area contributed by atoms with E-state index >= 15 is 0 Å². The first kappa shape index (κ1) is 80.9. The van der Waals surface area contributed by atoms with Gasteiger partial charge in [0.05, 0.1) is 71.7 Å². The molecule has 3 heterocycles. The minimum Gasteiger partial charge on any atom is -0.489 e. The Morgan fingerprint density at radius 3 is 2.14 bits per heavy atom. The summed E-state index contributed by atoms with van der Waals surface area (Å²) >= 11 is 28.9. The molecule has 0 saturated heterocycles. The van der Waals surface area contributed by atoms with Crippen LogP contribution in [0.15, 0.2) is 93.2 Å². The number of benzene rings is 4. The van der Waals surface area contributed by atoms with Crippen molar-refractivity contribution >= 4 is 116 Å². The standard InChI is InChI=1S/C15H14Cl2F3N3O3.C15H22ClNO2.C15H12F3NO4S.C11H11Cl2NO2.C3H8NO5P/c1-3-26-13(24)10(17)4-8-5-12(11(18)6-9(8)16)23-15(25)22(14(19)20)7(2)21-23;1-5-13-8-6-7-11(2)15(13)17(14(18)9-16)12(3)10-19-4;1-24(21,22)12-6-9(15(16,17)18)4-5-10(12)13(20)11-7-19-23-14(11)8-2-3-8;1-7-6-16-9-5-3-2-4-8(9)14(7)11(15)10(12)13;5-3(6)1-4-2-10(7,8)9/h5-6,10,14H,3-4H2,1-2H3;6-8,12H,5,9-10H2,1-4H3;4-8H,2-3H2,1H3;2-5,7,10H,6H2,1H3;4H,1-2H2,(H,5,6)(H2,7,8,9). The number of ketones is 1. The van der Waals surface area contributed by atoms with Crippen LogP contribution in [0.1, 0.15) is 103 Å². The lowest BCUT2D eigenvalue weighted by Gasteiger charge is -2.35. The molecule has 0 radical (unpaired) electrons. The van der Waals surface area contributed by atoms with Gasteiger partial charge in [-0.3, -0.25) is 33.9 Å². The third-order valence-electron chi connectivity index (χ3n) is 13.4. The number of alkyl halides is 9. The Morgan fingerprint density at radius 1 is 0.947 bits per heavy atom. The first-order chi connectivity index (χ1) is 44.3. The molecule has 4 N–H and O–H groups in total. The number of rotatable bonds is 21. The summed E-state index contributed by atoms with van der Waals surface area (Å²) in [5, 5.41) is 16.1. The van der Waals surface area contributed by atoms with E-state index in [4.69, 9.17) is 91.6 Å². The molecule has 3 unspecified atom stereocenters.